The molecule has 45 heavy (non-hydrogen) atoms. The third kappa shape index (κ3) is 4.66. The molecule has 5 aromatic carbocycles. The van der Waals surface area contributed by atoms with Crippen LogP contribution in [0.2, 0.25) is 0 Å². The van der Waals surface area contributed by atoms with Gasteiger partial charge in [-0.15, -0.1) is 0 Å². The van der Waals surface area contributed by atoms with E-state index in [9.17, 15) is 0 Å². The van der Waals surface area contributed by atoms with Crippen LogP contribution in [0.4, 0.5) is 17.1 Å². The van der Waals surface area contributed by atoms with Crippen molar-refractivity contribution in [1.82, 2.24) is 0 Å². The number of fused-ring (bicyclic) bond motifs is 4. The summed E-state index contributed by atoms with van der Waals surface area (Å²) in [6.45, 7) is 19.4. The van der Waals surface area contributed by atoms with Gasteiger partial charge in [-0.3, -0.25) is 0 Å². The molecule has 0 atom stereocenters. The number of benzene rings is 5. The summed E-state index contributed by atoms with van der Waals surface area (Å²) in [7, 11) is 0. The van der Waals surface area contributed by atoms with Gasteiger partial charge >= 0.3 is 0 Å². The number of rotatable bonds is 5. The molecule has 0 amide bonds. The molecule has 1 heteroatoms. The summed E-state index contributed by atoms with van der Waals surface area (Å²) in [6, 6.07) is 41.0. The summed E-state index contributed by atoms with van der Waals surface area (Å²) in [4.78, 5) is 2.50. The lowest BCUT2D eigenvalue weighted by Gasteiger charge is -2.44. The van der Waals surface area contributed by atoms with E-state index in [1.807, 2.05) is 0 Å². The molecule has 0 saturated carbocycles. The Morgan fingerprint density at radius 1 is 0.533 bits per heavy atom. The molecule has 228 valence electrons. The SMILES string of the molecule is CC(C)c1ccc2c(c1-c1cc3c(cc1N(c1ccccc1)c1ccccc1)C(C)(C)c1ccccc1-3)C(C)(C)CCC2(C)C. The van der Waals surface area contributed by atoms with Crippen molar-refractivity contribution in [2.75, 3.05) is 4.90 Å². The molecule has 0 aromatic heterocycles. The molecule has 0 heterocycles. The Kier molecular flexibility index (Phi) is 6.89. The molecule has 0 unspecified atom stereocenters. The molecule has 7 rings (SSSR count). The molecule has 0 fully saturated rings. The first kappa shape index (κ1) is 29.6. The molecule has 0 aliphatic heterocycles. The van der Waals surface area contributed by atoms with E-state index in [0.29, 0.717) is 5.92 Å². The molecule has 1 nitrogen and oxygen atoms in total. The van der Waals surface area contributed by atoms with Crippen LogP contribution >= 0.6 is 0 Å². The van der Waals surface area contributed by atoms with Crippen LogP contribution in [-0.2, 0) is 16.2 Å². The van der Waals surface area contributed by atoms with Gasteiger partial charge in [0.05, 0.1) is 5.69 Å². The second kappa shape index (κ2) is 10.5. The molecule has 2 aliphatic carbocycles. The van der Waals surface area contributed by atoms with Crippen LogP contribution in [0.3, 0.4) is 0 Å². The maximum absolute atomic E-state index is 2.57. The summed E-state index contributed by atoms with van der Waals surface area (Å²) in [5.74, 6) is 0.387. The van der Waals surface area contributed by atoms with Crippen molar-refractivity contribution < 1.29 is 0 Å². The Labute approximate surface area is 271 Å². The maximum Gasteiger partial charge on any atom is 0.0543 e. The standard InChI is InChI=1S/C44H47N/c1-29(2)32-23-24-37-41(43(5,6)26-25-42(37,3)4)40(32)35-27-34-33-21-15-16-22-36(33)44(7,8)38(34)28-39(35)45(30-17-11-9-12-18-30)31-19-13-10-14-20-31/h9-24,27-29H,25-26H2,1-8H3. The molecular formula is C44H47N. The van der Waals surface area contributed by atoms with Crippen LogP contribution in [0, 0.1) is 0 Å². The van der Waals surface area contributed by atoms with Gasteiger partial charge in [0.1, 0.15) is 0 Å². The van der Waals surface area contributed by atoms with Crippen LogP contribution < -0.4 is 4.90 Å². The van der Waals surface area contributed by atoms with Gasteiger partial charge in [-0.1, -0.05) is 128 Å². The average molecular weight is 590 g/mol. The lowest BCUT2D eigenvalue weighted by molar-refractivity contribution is 0.332. The lowest BCUT2D eigenvalue weighted by atomic mass is 9.60. The number of para-hydroxylation sites is 2. The molecule has 0 N–H and O–H groups in total. The number of hydrogen-bond donors (Lipinski definition) is 0. The molecule has 0 spiro atoms. The molecule has 0 saturated heterocycles. The van der Waals surface area contributed by atoms with Crippen molar-refractivity contribution >= 4 is 17.1 Å². The van der Waals surface area contributed by atoms with Gasteiger partial charge < -0.3 is 4.90 Å². The predicted molar refractivity (Wildman–Crippen MR) is 193 cm³/mol. The summed E-state index contributed by atoms with van der Waals surface area (Å²) in [5.41, 5.74) is 16.5. The minimum atomic E-state index is -0.101. The highest BCUT2D eigenvalue weighted by molar-refractivity contribution is 5.96. The van der Waals surface area contributed by atoms with Gasteiger partial charge in [0.15, 0.2) is 0 Å². The summed E-state index contributed by atoms with van der Waals surface area (Å²) in [6.07, 6.45) is 2.38. The minimum Gasteiger partial charge on any atom is -0.310 e. The molecule has 2 aliphatic rings. The summed E-state index contributed by atoms with van der Waals surface area (Å²) >= 11 is 0. The Balaban J connectivity index is 1.66. The van der Waals surface area contributed by atoms with Gasteiger partial charge in [0.25, 0.3) is 0 Å². The predicted octanol–water partition coefficient (Wildman–Crippen LogP) is 12.6. The fourth-order valence-corrected chi connectivity index (χ4v) is 8.24. The number of anilines is 3. The zero-order valence-electron chi connectivity index (χ0n) is 28.3. The summed E-state index contributed by atoms with van der Waals surface area (Å²) in [5, 5.41) is 0. The lowest BCUT2D eigenvalue weighted by Crippen LogP contribution is -2.35. The number of nitrogens with zero attached hydrogens (tertiary/aromatic N) is 1. The Morgan fingerprint density at radius 3 is 1.73 bits per heavy atom. The first-order valence-corrected chi connectivity index (χ1v) is 16.8. The van der Waals surface area contributed by atoms with E-state index in [4.69, 9.17) is 0 Å². The van der Waals surface area contributed by atoms with E-state index in [2.05, 4.69) is 169 Å². The van der Waals surface area contributed by atoms with Crippen molar-refractivity contribution in [2.45, 2.75) is 90.4 Å². The van der Waals surface area contributed by atoms with Crippen LogP contribution in [0.15, 0.2) is 109 Å². The van der Waals surface area contributed by atoms with Gasteiger partial charge in [0, 0.05) is 22.4 Å². The Hall–Kier alpha value is -4.10. The topological polar surface area (TPSA) is 3.24 Å². The van der Waals surface area contributed by atoms with Gasteiger partial charge in [0.2, 0.25) is 0 Å². The fraction of sp³-hybridized carbons (Fsp3) is 0.318. The van der Waals surface area contributed by atoms with Crippen LogP contribution in [-0.4, -0.2) is 0 Å². The van der Waals surface area contributed by atoms with Crippen molar-refractivity contribution in [3.05, 3.63) is 137 Å². The Bertz CT molecular complexity index is 1850. The van der Waals surface area contributed by atoms with Gasteiger partial charge in [-0.05, 0) is 110 Å². The van der Waals surface area contributed by atoms with E-state index < -0.39 is 0 Å². The highest BCUT2D eigenvalue weighted by Crippen LogP contribution is 2.57. The minimum absolute atomic E-state index is 0.0584. The van der Waals surface area contributed by atoms with Crippen molar-refractivity contribution in [3.8, 4) is 22.3 Å². The van der Waals surface area contributed by atoms with Crippen molar-refractivity contribution in [3.63, 3.8) is 0 Å². The smallest absolute Gasteiger partial charge is 0.0543 e. The zero-order valence-corrected chi connectivity index (χ0v) is 28.3. The number of hydrogen-bond acceptors (Lipinski definition) is 1. The van der Waals surface area contributed by atoms with Crippen molar-refractivity contribution in [2.24, 2.45) is 0 Å². The highest BCUT2D eigenvalue weighted by Gasteiger charge is 2.42. The summed E-state index contributed by atoms with van der Waals surface area (Å²) < 4.78 is 0. The second-order valence-electron chi connectivity index (χ2n) is 15.5. The zero-order chi connectivity index (χ0) is 31.7. The highest BCUT2D eigenvalue weighted by atomic mass is 15.1. The largest absolute Gasteiger partial charge is 0.310 e. The van der Waals surface area contributed by atoms with E-state index in [1.165, 1.54) is 80.0 Å². The third-order valence-corrected chi connectivity index (χ3v) is 10.9. The molecule has 5 aromatic rings. The van der Waals surface area contributed by atoms with Gasteiger partial charge in [-0.25, -0.2) is 0 Å². The maximum atomic E-state index is 2.57. The van der Waals surface area contributed by atoms with Crippen LogP contribution in [0.25, 0.3) is 22.3 Å². The average Bonchev–Trinajstić information content (AvgIpc) is 3.25. The molecular weight excluding hydrogens is 542 g/mol. The van der Waals surface area contributed by atoms with Crippen LogP contribution in [0.1, 0.15) is 102 Å². The monoisotopic (exact) mass is 589 g/mol. The molecule has 0 bridgehead atoms. The van der Waals surface area contributed by atoms with E-state index >= 15 is 0 Å². The van der Waals surface area contributed by atoms with E-state index in [1.54, 1.807) is 0 Å². The fourth-order valence-electron chi connectivity index (χ4n) is 8.24. The quantitative estimate of drug-likeness (QED) is 0.197. The van der Waals surface area contributed by atoms with Crippen molar-refractivity contribution in [1.29, 1.82) is 0 Å². The molecule has 0 radical (unpaired) electrons. The normalized spacial score (nSPS) is 17.0. The van der Waals surface area contributed by atoms with E-state index in [0.717, 1.165) is 0 Å². The Morgan fingerprint density at radius 2 is 1.11 bits per heavy atom. The van der Waals surface area contributed by atoms with Gasteiger partial charge in [-0.2, -0.15) is 0 Å². The van der Waals surface area contributed by atoms with Crippen LogP contribution in [0.5, 0.6) is 0 Å². The van der Waals surface area contributed by atoms with E-state index in [-0.39, 0.29) is 16.2 Å². The third-order valence-electron chi connectivity index (χ3n) is 10.9. The second-order valence-corrected chi connectivity index (χ2v) is 15.5. The first-order chi connectivity index (χ1) is 21.4. The first-order valence-electron chi connectivity index (χ1n) is 16.8.